The van der Waals surface area contributed by atoms with E-state index >= 15 is 0 Å². The molecule has 5 nitrogen and oxygen atoms in total. The molecule has 2 atom stereocenters. The highest BCUT2D eigenvalue weighted by Crippen LogP contribution is 2.25. The molecule has 2 amide bonds. The molecule has 1 aliphatic heterocycles. The van der Waals surface area contributed by atoms with E-state index in [0.717, 1.165) is 14.9 Å². The van der Waals surface area contributed by atoms with Gasteiger partial charge in [-0.1, -0.05) is 58.4 Å². The van der Waals surface area contributed by atoms with E-state index in [0.29, 0.717) is 12.0 Å². The van der Waals surface area contributed by atoms with Crippen molar-refractivity contribution in [3.63, 3.8) is 0 Å². The summed E-state index contributed by atoms with van der Waals surface area (Å²) in [5, 5.41) is 9.73. The number of hydrogen-bond donors (Lipinski definition) is 1. The zero-order valence-electron chi connectivity index (χ0n) is 13.5. The zero-order valence-corrected chi connectivity index (χ0v) is 15.1. The maximum absolute atomic E-state index is 12.9. The number of benzene rings is 2. The first-order valence-electron chi connectivity index (χ1n) is 8.00. The van der Waals surface area contributed by atoms with Crippen molar-refractivity contribution in [1.82, 2.24) is 4.90 Å². The quantitative estimate of drug-likeness (QED) is 0.832. The van der Waals surface area contributed by atoms with Crippen LogP contribution >= 0.6 is 15.9 Å². The van der Waals surface area contributed by atoms with E-state index in [4.69, 9.17) is 4.74 Å². The number of imide groups is 1. The average Bonchev–Trinajstić information content (AvgIpc) is 2.98. The largest absolute Gasteiger partial charge is 0.447 e. The normalized spacial score (nSPS) is 18.1. The summed E-state index contributed by atoms with van der Waals surface area (Å²) in [5.74, 6) is -1.23. The topological polar surface area (TPSA) is 66.8 Å². The number of aliphatic hydroxyl groups is 1. The van der Waals surface area contributed by atoms with Crippen molar-refractivity contribution < 1.29 is 19.4 Å². The van der Waals surface area contributed by atoms with E-state index in [1.165, 1.54) is 0 Å². The number of cyclic esters (lactones) is 1. The summed E-state index contributed by atoms with van der Waals surface area (Å²) in [5.41, 5.74) is 1.68. The predicted octanol–water partition coefficient (Wildman–Crippen LogP) is 3.12. The molecular formula is C19H18BrNO4. The van der Waals surface area contributed by atoms with Crippen molar-refractivity contribution in [3.8, 4) is 0 Å². The molecule has 1 heterocycles. The Morgan fingerprint density at radius 3 is 2.52 bits per heavy atom. The van der Waals surface area contributed by atoms with E-state index in [9.17, 15) is 14.7 Å². The van der Waals surface area contributed by atoms with Crippen LogP contribution in [0.2, 0.25) is 0 Å². The van der Waals surface area contributed by atoms with Crippen LogP contribution in [0.15, 0.2) is 59.1 Å². The van der Waals surface area contributed by atoms with Gasteiger partial charge in [0.1, 0.15) is 6.61 Å². The second kappa shape index (κ2) is 7.80. The van der Waals surface area contributed by atoms with Crippen molar-refractivity contribution >= 4 is 27.9 Å². The molecule has 3 rings (SSSR count). The molecule has 130 valence electrons. The van der Waals surface area contributed by atoms with Crippen molar-refractivity contribution in [2.24, 2.45) is 0 Å². The van der Waals surface area contributed by atoms with Crippen LogP contribution in [0, 0.1) is 0 Å². The third-order valence-electron chi connectivity index (χ3n) is 4.27. The van der Waals surface area contributed by atoms with Crippen LogP contribution in [0.4, 0.5) is 4.79 Å². The van der Waals surface area contributed by atoms with E-state index in [2.05, 4.69) is 15.9 Å². The fraction of sp³-hybridized carbons (Fsp3) is 0.263. The number of amides is 2. The Kier molecular flexibility index (Phi) is 5.50. The minimum absolute atomic E-state index is 0.165. The first kappa shape index (κ1) is 17.6. The van der Waals surface area contributed by atoms with Gasteiger partial charge in [-0.15, -0.1) is 0 Å². The van der Waals surface area contributed by atoms with Crippen LogP contribution in [0.25, 0.3) is 0 Å². The lowest BCUT2D eigenvalue weighted by atomic mass is 9.97. The van der Waals surface area contributed by atoms with Crippen LogP contribution in [-0.4, -0.2) is 41.3 Å². The molecule has 0 bridgehead atoms. The molecule has 0 spiro atoms. The van der Waals surface area contributed by atoms with E-state index in [-0.39, 0.29) is 19.3 Å². The number of hydrogen-bond acceptors (Lipinski definition) is 4. The Morgan fingerprint density at radius 1 is 1.20 bits per heavy atom. The lowest BCUT2D eigenvalue weighted by Crippen LogP contribution is -2.43. The molecule has 6 heteroatoms. The Bertz CT molecular complexity index is 748. The monoisotopic (exact) mass is 403 g/mol. The highest BCUT2D eigenvalue weighted by Gasteiger charge is 2.41. The summed E-state index contributed by atoms with van der Waals surface area (Å²) in [6, 6.07) is 16.4. The molecular weight excluding hydrogens is 386 g/mol. The van der Waals surface area contributed by atoms with Gasteiger partial charge in [-0.2, -0.15) is 0 Å². The van der Waals surface area contributed by atoms with Gasteiger partial charge >= 0.3 is 6.09 Å². The number of ether oxygens (including phenoxy) is 1. The molecule has 25 heavy (non-hydrogen) atoms. The third-order valence-corrected chi connectivity index (χ3v) is 4.79. The molecule has 2 aromatic rings. The molecule has 1 saturated heterocycles. The smallest absolute Gasteiger partial charge is 0.417 e. The lowest BCUT2D eigenvalue weighted by Gasteiger charge is -2.24. The summed E-state index contributed by atoms with van der Waals surface area (Å²) in [7, 11) is 0. The Morgan fingerprint density at radius 2 is 1.88 bits per heavy atom. The van der Waals surface area contributed by atoms with Crippen molar-refractivity contribution in [1.29, 1.82) is 0 Å². The van der Waals surface area contributed by atoms with Crippen molar-refractivity contribution in [3.05, 3.63) is 70.2 Å². The summed E-state index contributed by atoms with van der Waals surface area (Å²) in [6.07, 6.45) is -0.127. The summed E-state index contributed by atoms with van der Waals surface area (Å²) in [4.78, 5) is 26.2. The fourth-order valence-electron chi connectivity index (χ4n) is 2.96. The van der Waals surface area contributed by atoms with Crippen LogP contribution in [0.3, 0.4) is 0 Å². The molecule has 0 aliphatic carbocycles. The summed E-state index contributed by atoms with van der Waals surface area (Å²) in [6.45, 7) is -0.208. The molecule has 2 aromatic carbocycles. The molecule has 0 unspecified atom stereocenters. The van der Waals surface area contributed by atoms with Crippen LogP contribution in [-0.2, 0) is 16.0 Å². The minimum atomic E-state index is -0.794. The van der Waals surface area contributed by atoms with E-state index in [1.54, 1.807) is 24.3 Å². The minimum Gasteiger partial charge on any atom is -0.447 e. The van der Waals surface area contributed by atoms with Gasteiger partial charge in [0.2, 0.25) is 5.91 Å². The lowest BCUT2D eigenvalue weighted by molar-refractivity contribution is -0.131. The second-order valence-electron chi connectivity index (χ2n) is 5.92. The number of nitrogens with zero attached hydrogens (tertiary/aromatic N) is 1. The Balaban J connectivity index is 1.82. The number of halogens is 1. The summed E-state index contributed by atoms with van der Waals surface area (Å²) < 4.78 is 5.98. The maximum Gasteiger partial charge on any atom is 0.417 e. The first-order valence-corrected chi connectivity index (χ1v) is 8.79. The molecule has 0 aromatic heterocycles. The zero-order chi connectivity index (χ0) is 17.8. The number of carbonyl (C=O) groups excluding carboxylic acids is 2. The van der Waals surface area contributed by atoms with E-state index in [1.807, 2.05) is 30.3 Å². The highest BCUT2D eigenvalue weighted by molar-refractivity contribution is 9.10. The second-order valence-corrected chi connectivity index (χ2v) is 6.83. The molecule has 1 N–H and O–H groups in total. The molecule has 1 fully saturated rings. The van der Waals surface area contributed by atoms with E-state index < -0.39 is 17.9 Å². The van der Waals surface area contributed by atoms with Gasteiger partial charge in [-0.05, 0) is 29.7 Å². The Labute approximate surface area is 154 Å². The molecule has 0 saturated carbocycles. The number of rotatable bonds is 5. The summed E-state index contributed by atoms with van der Waals surface area (Å²) >= 11 is 3.34. The fourth-order valence-corrected chi connectivity index (χ4v) is 3.22. The van der Waals surface area contributed by atoms with Crippen molar-refractivity contribution in [2.45, 2.75) is 18.4 Å². The van der Waals surface area contributed by atoms with Gasteiger partial charge in [0.15, 0.2) is 0 Å². The van der Waals surface area contributed by atoms with Gasteiger partial charge in [0, 0.05) is 4.47 Å². The van der Waals surface area contributed by atoms with Gasteiger partial charge < -0.3 is 9.84 Å². The van der Waals surface area contributed by atoms with Gasteiger partial charge in [-0.25, -0.2) is 9.69 Å². The Hall–Kier alpha value is -2.18. The van der Waals surface area contributed by atoms with Gasteiger partial charge in [0.05, 0.1) is 18.6 Å². The van der Waals surface area contributed by atoms with Crippen LogP contribution < -0.4 is 0 Å². The number of aliphatic hydroxyl groups excluding tert-OH is 1. The van der Waals surface area contributed by atoms with Crippen molar-refractivity contribution in [2.75, 3.05) is 13.2 Å². The van der Waals surface area contributed by atoms with Gasteiger partial charge in [-0.3, -0.25) is 4.79 Å². The SMILES string of the molecule is O=C1OC[C@H](Cc2ccccc2)N1C(=O)[C@@H](CO)c1ccc(Br)cc1. The number of carbonyl (C=O) groups is 2. The van der Waals surface area contributed by atoms with Crippen LogP contribution in [0.5, 0.6) is 0 Å². The standard InChI is InChI=1S/C19H18BrNO4/c20-15-8-6-14(7-9-15)17(11-22)18(23)21-16(12-25-19(21)24)10-13-4-2-1-3-5-13/h1-9,16-17,22H,10-12H2/t16-,17-/m0/s1. The predicted molar refractivity (Wildman–Crippen MR) is 96.1 cm³/mol. The van der Waals surface area contributed by atoms with Crippen LogP contribution in [0.1, 0.15) is 17.0 Å². The van der Waals surface area contributed by atoms with Gasteiger partial charge in [0.25, 0.3) is 0 Å². The first-order chi connectivity index (χ1) is 12.1. The maximum atomic E-state index is 12.9. The third kappa shape index (κ3) is 3.91. The molecule has 0 radical (unpaired) electrons. The highest BCUT2D eigenvalue weighted by atomic mass is 79.9. The average molecular weight is 404 g/mol. The molecule has 1 aliphatic rings.